The molecular weight excluding hydrogens is 233 g/mol. The number of amides is 1. The SMILES string of the molecule is O=C(Cc1ccccc1F)NCCC1CCCO1. The van der Waals surface area contributed by atoms with Crippen molar-refractivity contribution in [1.82, 2.24) is 5.32 Å². The lowest BCUT2D eigenvalue weighted by molar-refractivity contribution is -0.120. The number of benzene rings is 1. The fourth-order valence-corrected chi connectivity index (χ4v) is 2.12. The van der Waals surface area contributed by atoms with Crippen molar-refractivity contribution in [1.29, 1.82) is 0 Å². The summed E-state index contributed by atoms with van der Waals surface area (Å²) in [7, 11) is 0. The maximum atomic E-state index is 13.3. The van der Waals surface area contributed by atoms with Gasteiger partial charge in [-0.05, 0) is 30.9 Å². The first kappa shape index (κ1) is 13.0. The van der Waals surface area contributed by atoms with Crippen LogP contribution < -0.4 is 5.32 Å². The molecule has 0 radical (unpaired) electrons. The Bertz CT molecular complexity index is 403. The Hall–Kier alpha value is -1.42. The maximum absolute atomic E-state index is 13.3. The highest BCUT2D eigenvalue weighted by molar-refractivity contribution is 5.78. The van der Waals surface area contributed by atoms with Gasteiger partial charge in [0.15, 0.2) is 0 Å². The smallest absolute Gasteiger partial charge is 0.224 e. The minimum atomic E-state index is -0.327. The first-order valence-electron chi connectivity index (χ1n) is 6.37. The molecule has 0 aliphatic carbocycles. The van der Waals surface area contributed by atoms with Gasteiger partial charge in [0.2, 0.25) is 5.91 Å². The summed E-state index contributed by atoms with van der Waals surface area (Å²) in [6.45, 7) is 1.42. The fourth-order valence-electron chi connectivity index (χ4n) is 2.12. The average molecular weight is 251 g/mol. The summed E-state index contributed by atoms with van der Waals surface area (Å²) in [6.07, 6.45) is 3.39. The van der Waals surface area contributed by atoms with Crippen molar-refractivity contribution in [2.24, 2.45) is 0 Å². The number of nitrogens with one attached hydrogen (secondary N) is 1. The summed E-state index contributed by atoms with van der Waals surface area (Å²) in [5.74, 6) is -0.468. The summed E-state index contributed by atoms with van der Waals surface area (Å²) < 4.78 is 18.8. The Labute approximate surface area is 106 Å². The largest absolute Gasteiger partial charge is 0.378 e. The minimum absolute atomic E-state index is 0.0954. The van der Waals surface area contributed by atoms with Crippen molar-refractivity contribution >= 4 is 5.91 Å². The van der Waals surface area contributed by atoms with E-state index in [0.29, 0.717) is 12.1 Å². The Morgan fingerprint density at radius 3 is 3.00 bits per heavy atom. The molecule has 1 aliphatic rings. The van der Waals surface area contributed by atoms with E-state index in [0.717, 1.165) is 25.9 Å². The summed E-state index contributed by atoms with van der Waals surface area (Å²) in [6, 6.07) is 6.36. The van der Waals surface area contributed by atoms with Gasteiger partial charge in [0.25, 0.3) is 0 Å². The van der Waals surface area contributed by atoms with Gasteiger partial charge in [-0.2, -0.15) is 0 Å². The standard InChI is InChI=1S/C14H18FNO2/c15-13-6-2-1-4-11(13)10-14(17)16-8-7-12-5-3-9-18-12/h1-2,4,6,12H,3,5,7-10H2,(H,16,17). The van der Waals surface area contributed by atoms with Crippen molar-refractivity contribution in [3.8, 4) is 0 Å². The summed E-state index contributed by atoms with van der Waals surface area (Å²) in [4.78, 5) is 11.6. The lowest BCUT2D eigenvalue weighted by Gasteiger charge is -2.10. The molecule has 0 saturated carbocycles. The summed E-state index contributed by atoms with van der Waals surface area (Å²) in [5.41, 5.74) is 0.437. The quantitative estimate of drug-likeness (QED) is 0.869. The Morgan fingerprint density at radius 1 is 1.44 bits per heavy atom. The monoisotopic (exact) mass is 251 g/mol. The fraction of sp³-hybridized carbons (Fsp3) is 0.500. The lowest BCUT2D eigenvalue weighted by Crippen LogP contribution is -2.28. The van der Waals surface area contributed by atoms with Crippen LogP contribution in [0.25, 0.3) is 0 Å². The molecule has 1 aliphatic heterocycles. The van der Waals surface area contributed by atoms with Gasteiger partial charge in [0.1, 0.15) is 5.82 Å². The van der Waals surface area contributed by atoms with Crippen LogP contribution in [0.1, 0.15) is 24.8 Å². The first-order chi connectivity index (χ1) is 8.75. The van der Waals surface area contributed by atoms with Crippen molar-refractivity contribution in [3.05, 3.63) is 35.6 Å². The molecule has 1 aromatic carbocycles. The number of rotatable bonds is 5. The molecule has 1 fully saturated rings. The van der Waals surface area contributed by atoms with E-state index >= 15 is 0 Å². The second-order valence-electron chi connectivity index (χ2n) is 4.54. The third kappa shape index (κ3) is 3.81. The van der Waals surface area contributed by atoms with E-state index in [-0.39, 0.29) is 24.2 Å². The Morgan fingerprint density at radius 2 is 2.28 bits per heavy atom. The van der Waals surface area contributed by atoms with E-state index in [9.17, 15) is 9.18 Å². The molecule has 3 nitrogen and oxygen atoms in total. The molecule has 1 heterocycles. The summed E-state index contributed by atoms with van der Waals surface area (Å²) in [5, 5.41) is 2.80. The number of carbonyl (C=O) groups excluding carboxylic acids is 1. The molecule has 0 spiro atoms. The Kier molecular flexibility index (Phi) is 4.70. The molecule has 0 aromatic heterocycles. The molecule has 1 amide bonds. The predicted octanol–water partition coefficient (Wildman–Crippen LogP) is 2.05. The van der Waals surface area contributed by atoms with Crippen molar-refractivity contribution in [2.75, 3.05) is 13.2 Å². The van der Waals surface area contributed by atoms with Gasteiger partial charge in [-0.3, -0.25) is 4.79 Å². The number of hydrogen-bond donors (Lipinski definition) is 1. The number of carbonyl (C=O) groups is 1. The van der Waals surface area contributed by atoms with Crippen LogP contribution >= 0.6 is 0 Å². The molecule has 1 N–H and O–H groups in total. The molecule has 18 heavy (non-hydrogen) atoms. The molecular formula is C14H18FNO2. The van der Waals surface area contributed by atoms with Gasteiger partial charge in [-0.1, -0.05) is 18.2 Å². The van der Waals surface area contributed by atoms with E-state index in [1.54, 1.807) is 18.2 Å². The van der Waals surface area contributed by atoms with Gasteiger partial charge in [0.05, 0.1) is 12.5 Å². The molecule has 98 valence electrons. The molecule has 1 unspecified atom stereocenters. The topological polar surface area (TPSA) is 38.3 Å². The highest BCUT2D eigenvalue weighted by Gasteiger charge is 2.15. The number of halogens is 1. The average Bonchev–Trinajstić information content (AvgIpc) is 2.85. The van der Waals surface area contributed by atoms with Gasteiger partial charge in [-0.25, -0.2) is 4.39 Å². The first-order valence-corrected chi connectivity index (χ1v) is 6.37. The van der Waals surface area contributed by atoms with E-state index in [1.807, 2.05) is 0 Å². The normalized spacial score (nSPS) is 18.8. The van der Waals surface area contributed by atoms with Gasteiger partial charge in [-0.15, -0.1) is 0 Å². The molecule has 2 rings (SSSR count). The van der Waals surface area contributed by atoms with Crippen LogP contribution in [-0.4, -0.2) is 25.2 Å². The van der Waals surface area contributed by atoms with Crippen LogP contribution in [0.5, 0.6) is 0 Å². The van der Waals surface area contributed by atoms with Gasteiger partial charge < -0.3 is 10.1 Å². The molecule has 1 saturated heterocycles. The number of hydrogen-bond acceptors (Lipinski definition) is 2. The van der Waals surface area contributed by atoms with E-state index in [1.165, 1.54) is 6.07 Å². The Balaban J connectivity index is 1.70. The second kappa shape index (κ2) is 6.50. The highest BCUT2D eigenvalue weighted by atomic mass is 19.1. The van der Waals surface area contributed by atoms with Crippen LogP contribution in [0.15, 0.2) is 24.3 Å². The molecule has 1 aromatic rings. The van der Waals surface area contributed by atoms with Crippen LogP contribution in [0.3, 0.4) is 0 Å². The maximum Gasteiger partial charge on any atom is 0.224 e. The third-order valence-corrected chi connectivity index (χ3v) is 3.12. The zero-order valence-electron chi connectivity index (χ0n) is 10.3. The predicted molar refractivity (Wildman–Crippen MR) is 66.7 cm³/mol. The van der Waals surface area contributed by atoms with Crippen LogP contribution in [-0.2, 0) is 16.0 Å². The van der Waals surface area contributed by atoms with Crippen molar-refractivity contribution in [3.63, 3.8) is 0 Å². The number of ether oxygens (including phenoxy) is 1. The van der Waals surface area contributed by atoms with Crippen LogP contribution in [0.4, 0.5) is 4.39 Å². The van der Waals surface area contributed by atoms with E-state index in [2.05, 4.69) is 5.32 Å². The highest BCUT2D eigenvalue weighted by Crippen LogP contribution is 2.14. The van der Waals surface area contributed by atoms with E-state index in [4.69, 9.17) is 4.74 Å². The molecule has 0 bridgehead atoms. The van der Waals surface area contributed by atoms with Crippen LogP contribution in [0.2, 0.25) is 0 Å². The van der Waals surface area contributed by atoms with Crippen LogP contribution in [0, 0.1) is 5.82 Å². The summed E-state index contributed by atoms with van der Waals surface area (Å²) >= 11 is 0. The van der Waals surface area contributed by atoms with Crippen molar-refractivity contribution < 1.29 is 13.9 Å². The molecule has 4 heteroatoms. The molecule has 1 atom stereocenters. The minimum Gasteiger partial charge on any atom is -0.378 e. The van der Waals surface area contributed by atoms with Gasteiger partial charge >= 0.3 is 0 Å². The zero-order chi connectivity index (χ0) is 12.8. The third-order valence-electron chi connectivity index (χ3n) is 3.12. The van der Waals surface area contributed by atoms with Gasteiger partial charge in [0, 0.05) is 13.2 Å². The van der Waals surface area contributed by atoms with E-state index < -0.39 is 0 Å². The second-order valence-corrected chi connectivity index (χ2v) is 4.54. The van der Waals surface area contributed by atoms with Crippen molar-refractivity contribution in [2.45, 2.75) is 31.8 Å². The zero-order valence-corrected chi connectivity index (χ0v) is 10.3. The lowest BCUT2D eigenvalue weighted by atomic mass is 10.1.